The van der Waals surface area contributed by atoms with E-state index in [2.05, 4.69) is 27.5 Å². The van der Waals surface area contributed by atoms with Gasteiger partial charge in [-0.15, -0.1) is 11.3 Å². The first-order valence-electron chi connectivity index (χ1n) is 8.52. The van der Waals surface area contributed by atoms with Crippen LogP contribution in [0.15, 0.2) is 34.3 Å². The Hall–Kier alpha value is -1.93. The lowest BCUT2D eigenvalue weighted by Crippen LogP contribution is -2.38. The van der Waals surface area contributed by atoms with Crippen molar-refractivity contribution >= 4 is 27.1 Å². The first-order valence-corrected chi connectivity index (χ1v) is 11.2. The summed E-state index contributed by atoms with van der Waals surface area (Å²) in [5, 5.41) is 7.64. The van der Waals surface area contributed by atoms with Crippen LogP contribution in [0, 0.1) is 13.8 Å². The lowest BCUT2D eigenvalue weighted by atomic mass is 10.1. The Kier molecular flexibility index (Phi) is 7.16. The second kappa shape index (κ2) is 9.14. The highest BCUT2D eigenvalue weighted by molar-refractivity contribution is 7.90. The maximum absolute atomic E-state index is 11.7. The minimum absolute atomic E-state index is 0.369. The molecular weight excluding hydrogens is 368 g/mol. The number of aromatic nitrogens is 1. The highest BCUT2D eigenvalue weighted by Gasteiger charge is 2.10. The molecule has 0 radical (unpaired) electrons. The van der Waals surface area contributed by atoms with Crippen molar-refractivity contribution in [2.75, 3.05) is 19.3 Å². The van der Waals surface area contributed by atoms with Gasteiger partial charge < -0.3 is 10.6 Å². The van der Waals surface area contributed by atoms with Crippen molar-refractivity contribution in [3.8, 4) is 0 Å². The number of nitrogens with zero attached hydrogens (tertiary/aromatic N) is 2. The molecule has 0 aliphatic carbocycles. The van der Waals surface area contributed by atoms with Gasteiger partial charge in [0.05, 0.1) is 16.4 Å². The molecule has 1 aromatic carbocycles. The summed E-state index contributed by atoms with van der Waals surface area (Å²) in [6, 6.07) is 5.34. The zero-order chi connectivity index (χ0) is 19.2. The summed E-state index contributed by atoms with van der Waals surface area (Å²) in [7, 11) is -3.19. The van der Waals surface area contributed by atoms with Crippen molar-refractivity contribution in [2.24, 2.45) is 4.99 Å². The van der Waals surface area contributed by atoms with Crippen LogP contribution in [-0.4, -0.2) is 38.7 Å². The summed E-state index contributed by atoms with van der Waals surface area (Å²) in [4.78, 5) is 10.5. The van der Waals surface area contributed by atoms with Crippen LogP contribution in [0.1, 0.15) is 27.9 Å². The Morgan fingerprint density at radius 1 is 1.27 bits per heavy atom. The maximum atomic E-state index is 11.7. The van der Waals surface area contributed by atoms with Crippen molar-refractivity contribution < 1.29 is 8.42 Å². The van der Waals surface area contributed by atoms with Gasteiger partial charge in [-0.2, -0.15) is 0 Å². The van der Waals surface area contributed by atoms with E-state index < -0.39 is 9.84 Å². The van der Waals surface area contributed by atoms with Gasteiger partial charge in [0.15, 0.2) is 15.8 Å². The summed E-state index contributed by atoms with van der Waals surface area (Å²) < 4.78 is 23.4. The summed E-state index contributed by atoms with van der Waals surface area (Å²) in [6.07, 6.45) is 3.97. The summed E-state index contributed by atoms with van der Waals surface area (Å²) in [5.41, 5.74) is 1.72. The molecular formula is C18H26N4O2S2. The van der Waals surface area contributed by atoms with Gasteiger partial charge in [0.2, 0.25) is 0 Å². The molecule has 0 aliphatic rings. The predicted octanol–water partition coefficient (Wildman–Crippen LogP) is 2.46. The molecule has 0 saturated carbocycles. The normalized spacial score (nSPS) is 12.2. The Morgan fingerprint density at radius 2 is 2.04 bits per heavy atom. The standard InChI is InChI=1S/C18H26N4O2S2/c1-5-19-18(20-9-8-17-21-11-14(3)25-17)22-12-15-6-7-16(13(2)10-15)26(4,23)24/h6-7,10-11H,5,8-9,12H2,1-4H3,(H2,19,20,22). The highest BCUT2D eigenvalue weighted by atomic mass is 32.2. The van der Waals surface area contributed by atoms with Crippen LogP contribution in [0.3, 0.4) is 0 Å². The van der Waals surface area contributed by atoms with Crippen molar-refractivity contribution in [3.05, 3.63) is 45.4 Å². The maximum Gasteiger partial charge on any atom is 0.191 e. The molecule has 0 unspecified atom stereocenters. The SMILES string of the molecule is CCNC(=NCc1ccc(S(C)(=O)=O)c(C)c1)NCCc1ncc(C)s1. The largest absolute Gasteiger partial charge is 0.357 e. The van der Waals surface area contributed by atoms with Gasteiger partial charge >= 0.3 is 0 Å². The third-order valence-corrected chi connectivity index (χ3v) is 5.93. The van der Waals surface area contributed by atoms with Gasteiger partial charge in [0, 0.05) is 36.8 Å². The number of thiazole rings is 1. The third-order valence-electron chi connectivity index (χ3n) is 3.70. The number of rotatable bonds is 7. The summed E-state index contributed by atoms with van der Waals surface area (Å²) in [6.45, 7) is 7.89. The molecule has 26 heavy (non-hydrogen) atoms. The van der Waals surface area contributed by atoms with Crippen LogP contribution >= 0.6 is 11.3 Å². The summed E-state index contributed by atoms with van der Waals surface area (Å²) >= 11 is 1.71. The number of nitrogens with one attached hydrogen (secondary N) is 2. The van der Waals surface area contributed by atoms with E-state index in [0.29, 0.717) is 11.4 Å². The highest BCUT2D eigenvalue weighted by Crippen LogP contribution is 2.17. The number of hydrogen-bond donors (Lipinski definition) is 2. The molecule has 2 aromatic rings. The van der Waals surface area contributed by atoms with Crippen molar-refractivity contribution in [1.82, 2.24) is 15.6 Å². The zero-order valence-corrected chi connectivity index (χ0v) is 17.3. The van der Waals surface area contributed by atoms with E-state index >= 15 is 0 Å². The first-order chi connectivity index (χ1) is 12.3. The van der Waals surface area contributed by atoms with E-state index in [1.54, 1.807) is 17.4 Å². The molecule has 0 fully saturated rings. The smallest absolute Gasteiger partial charge is 0.191 e. The van der Waals surface area contributed by atoms with Crippen molar-refractivity contribution in [3.63, 3.8) is 0 Å². The number of benzene rings is 1. The Labute approximate surface area is 159 Å². The fourth-order valence-corrected chi connectivity index (χ4v) is 4.29. The van der Waals surface area contributed by atoms with Crippen LogP contribution < -0.4 is 10.6 Å². The predicted molar refractivity (Wildman–Crippen MR) is 108 cm³/mol. The van der Waals surface area contributed by atoms with Gasteiger partial charge in [0.25, 0.3) is 0 Å². The fraction of sp³-hybridized carbons (Fsp3) is 0.444. The Bertz CT molecular complexity index is 873. The molecule has 0 amide bonds. The number of guanidine groups is 1. The van der Waals surface area contributed by atoms with Gasteiger partial charge in [-0.25, -0.2) is 18.4 Å². The minimum atomic E-state index is -3.19. The molecule has 6 nitrogen and oxygen atoms in total. The molecule has 142 valence electrons. The number of aryl methyl sites for hydroxylation is 2. The first kappa shape index (κ1) is 20.4. The van der Waals surface area contributed by atoms with Crippen LogP contribution in [0.25, 0.3) is 0 Å². The molecule has 0 aliphatic heterocycles. The number of aliphatic imine (C=N–C) groups is 1. The van der Waals surface area contributed by atoms with E-state index in [-0.39, 0.29) is 0 Å². The van der Waals surface area contributed by atoms with Crippen LogP contribution in [0.2, 0.25) is 0 Å². The number of hydrogen-bond acceptors (Lipinski definition) is 5. The van der Waals surface area contributed by atoms with E-state index in [4.69, 9.17) is 0 Å². The topological polar surface area (TPSA) is 83.5 Å². The molecule has 8 heteroatoms. The Morgan fingerprint density at radius 3 is 2.62 bits per heavy atom. The van der Waals surface area contributed by atoms with Crippen LogP contribution in [-0.2, 0) is 22.8 Å². The van der Waals surface area contributed by atoms with Gasteiger partial charge in [-0.1, -0.05) is 12.1 Å². The molecule has 2 rings (SSSR count). The molecule has 0 bridgehead atoms. The van der Waals surface area contributed by atoms with Crippen LogP contribution in [0.4, 0.5) is 0 Å². The van der Waals surface area contributed by atoms with Gasteiger partial charge in [-0.05, 0) is 38.0 Å². The number of sulfone groups is 1. The van der Waals surface area contributed by atoms with E-state index in [1.807, 2.05) is 32.2 Å². The monoisotopic (exact) mass is 394 g/mol. The zero-order valence-electron chi connectivity index (χ0n) is 15.7. The van der Waals surface area contributed by atoms with E-state index in [9.17, 15) is 8.42 Å². The molecule has 2 N–H and O–H groups in total. The van der Waals surface area contributed by atoms with Crippen molar-refractivity contribution in [2.45, 2.75) is 38.6 Å². The molecule has 0 atom stereocenters. The average Bonchev–Trinajstić information content (AvgIpc) is 2.97. The quantitative estimate of drug-likeness (QED) is 0.557. The third kappa shape index (κ3) is 6.10. The van der Waals surface area contributed by atoms with Crippen molar-refractivity contribution in [1.29, 1.82) is 0 Å². The molecule has 1 aromatic heterocycles. The van der Waals surface area contributed by atoms with Gasteiger partial charge in [0.1, 0.15) is 0 Å². The molecule has 1 heterocycles. The van der Waals surface area contributed by atoms with E-state index in [1.165, 1.54) is 11.1 Å². The summed E-state index contributed by atoms with van der Waals surface area (Å²) in [5.74, 6) is 0.741. The fourth-order valence-electron chi connectivity index (χ4n) is 2.54. The van der Waals surface area contributed by atoms with E-state index in [0.717, 1.165) is 41.6 Å². The van der Waals surface area contributed by atoms with Crippen LogP contribution in [0.5, 0.6) is 0 Å². The molecule has 0 spiro atoms. The molecule has 0 saturated heterocycles. The lowest BCUT2D eigenvalue weighted by Gasteiger charge is -2.11. The van der Waals surface area contributed by atoms with Gasteiger partial charge in [-0.3, -0.25) is 0 Å². The Balaban J connectivity index is 1.98. The minimum Gasteiger partial charge on any atom is -0.357 e. The second-order valence-corrected chi connectivity index (χ2v) is 9.41. The second-order valence-electron chi connectivity index (χ2n) is 6.11. The lowest BCUT2D eigenvalue weighted by molar-refractivity contribution is 0.601. The average molecular weight is 395 g/mol.